The molecule has 0 spiro atoms. The van der Waals surface area contributed by atoms with Crippen LogP contribution in [0.2, 0.25) is 0 Å². The van der Waals surface area contributed by atoms with Crippen LogP contribution in [0, 0.1) is 0 Å². The van der Waals surface area contributed by atoms with E-state index in [0.29, 0.717) is 28.1 Å². The van der Waals surface area contributed by atoms with Crippen LogP contribution in [0.4, 0.5) is 21.0 Å². The van der Waals surface area contributed by atoms with Gasteiger partial charge in [-0.1, -0.05) is 40.2 Å². The zero-order chi connectivity index (χ0) is 54.5. The number of aromatic nitrogens is 2. The first-order valence-corrected chi connectivity index (χ1v) is 27.3. The lowest BCUT2D eigenvalue weighted by molar-refractivity contribution is -0.00591. The summed E-state index contributed by atoms with van der Waals surface area (Å²) in [6.07, 6.45) is 5.19. The van der Waals surface area contributed by atoms with Gasteiger partial charge in [0.05, 0.1) is 55.7 Å². The van der Waals surface area contributed by atoms with Gasteiger partial charge in [0.15, 0.2) is 0 Å². The van der Waals surface area contributed by atoms with Gasteiger partial charge in [0.25, 0.3) is 0 Å². The van der Waals surface area contributed by atoms with Crippen LogP contribution in [0.25, 0.3) is 0 Å². The van der Waals surface area contributed by atoms with E-state index in [1.165, 1.54) is 39.5 Å². The first-order valence-electron chi connectivity index (χ1n) is 23.4. The Hall–Kier alpha value is -5.88. The van der Waals surface area contributed by atoms with Gasteiger partial charge in [-0.05, 0) is 129 Å². The number of anilines is 2. The summed E-state index contributed by atoms with van der Waals surface area (Å²) in [6, 6.07) is 19.1. The van der Waals surface area contributed by atoms with Gasteiger partial charge < -0.3 is 28.7 Å². The van der Waals surface area contributed by atoms with E-state index in [4.69, 9.17) is 14.2 Å². The predicted molar refractivity (Wildman–Crippen MR) is 281 cm³/mol. The summed E-state index contributed by atoms with van der Waals surface area (Å²) < 4.78 is 79.8. The van der Waals surface area contributed by atoms with Crippen molar-refractivity contribution in [2.45, 2.75) is 116 Å². The molecular weight excluding hydrogens is 1050 g/mol. The summed E-state index contributed by atoms with van der Waals surface area (Å²) in [7, 11) is -5.04. The molecule has 4 atom stereocenters. The van der Waals surface area contributed by atoms with E-state index in [2.05, 4.69) is 35.4 Å². The van der Waals surface area contributed by atoms with Crippen LogP contribution in [0.1, 0.15) is 101 Å². The fraction of sp³-hybridized carbons (Fsp3) is 0.480. The van der Waals surface area contributed by atoms with Crippen molar-refractivity contribution in [3.63, 3.8) is 0 Å². The first kappa shape index (κ1) is 59.7. The van der Waals surface area contributed by atoms with Gasteiger partial charge in [0.1, 0.15) is 11.2 Å². The maximum atomic E-state index is 13.9. The molecule has 0 aliphatic carbocycles. The van der Waals surface area contributed by atoms with Crippen molar-refractivity contribution in [3.05, 3.63) is 120 Å². The van der Waals surface area contributed by atoms with Crippen LogP contribution in [0.15, 0.2) is 97.6 Å². The third-order valence-electron chi connectivity index (χ3n) is 11.0. The lowest BCUT2D eigenvalue weighted by Gasteiger charge is -2.45. The van der Waals surface area contributed by atoms with Crippen molar-refractivity contribution in [1.82, 2.24) is 28.4 Å². The molecule has 6 rings (SSSR count). The summed E-state index contributed by atoms with van der Waals surface area (Å²) in [4.78, 5) is 59.1. The minimum atomic E-state index is -4.00. The van der Waals surface area contributed by atoms with Gasteiger partial charge in [-0.15, -0.1) is 0 Å². The number of carbonyl (C=O) groups excluding carboxylic acids is 4. The van der Waals surface area contributed by atoms with Gasteiger partial charge in [-0.2, -0.15) is 25.4 Å². The number of alkyl halides is 1. The van der Waals surface area contributed by atoms with Crippen LogP contribution in [-0.4, -0.2) is 145 Å². The highest BCUT2D eigenvalue weighted by Gasteiger charge is 2.42. The highest BCUT2D eigenvalue weighted by molar-refractivity contribution is 9.08. The number of halogens is 1. The lowest BCUT2D eigenvalue weighted by atomic mass is 10.1. The summed E-state index contributed by atoms with van der Waals surface area (Å²) in [5.41, 5.74) is 2.34. The standard InChI is InChI=1S/C25H34N4O6S.C16H26N4O4S.C9H9BrO2/c1-18-15-27(16-19(2)29(18)24(31)35-25(3,4)5)36(32,33)28(22-8-7-13-26-14-22)17-20-9-11-21(12-10-20)23(30)34-6;1-12-10-19(25(22,23)18-14-7-6-8-17-9-14)11-13(2)20(12)15(21)24-16(3,4)5;1-12-9(11)8-4-2-7(6-10)3-5-8/h7-14,18-19H,15-17H2,1-6H3;6-9,12-13,18H,10-11H2,1-5H3;2-5H,6H2,1H3/t18-,19+;12-,13+;. The lowest BCUT2D eigenvalue weighted by Crippen LogP contribution is -2.62. The van der Waals surface area contributed by atoms with Crippen molar-refractivity contribution >= 4 is 71.8 Å². The fourth-order valence-corrected chi connectivity index (χ4v) is 11.3. The number of hydrogen-bond donors (Lipinski definition) is 1. The van der Waals surface area contributed by atoms with Gasteiger partial charge in [-0.3, -0.25) is 19.0 Å². The zero-order valence-electron chi connectivity index (χ0n) is 43.5. The van der Waals surface area contributed by atoms with Crippen molar-refractivity contribution in [1.29, 1.82) is 0 Å². The number of nitrogens with one attached hydrogen (secondary N) is 1. The number of esters is 2. The average molecular weight is 1120 g/mol. The number of hydrogen-bond acceptors (Lipinski definition) is 14. The molecule has 2 amide bonds. The maximum absolute atomic E-state index is 13.9. The number of pyridine rings is 2. The second kappa shape index (κ2) is 25.9. The molecule has 73 heavy (non-hydrogen) atoms. The van der Waals surface area contributed by atoms with Crippen LogP contribution in [0.3, 0.4) is 0 Å². The average Bonchev–Trinajstić information content (AvgIpc) is 3.32. The van der Waals surface area contributed by atoms with Crippen LogP contribution >= 0.6 is 15.9 Å². The Balaban J connectivity index is 0.000000268. The smallest absolute Gasteiger partial charge is 0.410 e. The SMILES string of the molecule is COC(=O)c1ccc(CBr)cc1.COC(=O)c1ccc(CN(c2cccnc2)S(=O)(=O)N2C[C@@H](C)N(C(=O)OC(C)(C)C)[C@@H](C)C2)cc1.C[C@@H]1CN(S(=O)(=O)Nc2cccnc2)C[C@H](C)N1C(=O)OC(C)(C)C. The second-order valence-electron chi connectivity index (χ2n) is 19.4. The molecule has 2 aliphatic heterocycles. The van der Waals surface area contributed by atoms with E-state index in [-0.39, 0.29) is 50.8 Å². The molecule has 0 radical (unpaired) electrons. The number of carbonyl (C=O) groups is 4. The Morgan fingerprint density at radius 2 is 1.04 bits per heavy atom. The molecule has 20 nitrogen and oxygen atoms in total. The monoisotopic (exact) mass is 1120 g/mol. The Morgan fingerprint density at radius 3 is 1.41 bits per heavy atom. The molecule has 2 saturated heterocycles. The highest BCUT2D eigenvalue weighted by Crippen LogP contribution is 2.28. The molecule has 2 aromatic heterocycles. The Bertz CT molecular complexity index is 2650. The van der Waals surface area contributed by atoms with Crippen molar-refractivity contribution in [3.8, 4) is 0 Å². The van der Waals surface area contributed by atoms with E-state index >= 15 is 0 Å². The number of benzene rings is 2. The number of nitrogens with zero attached hydrogens (tertiary/aromatic N) is 7. The topological polar surface area (TPSA) is 227 Å². The molecule has 2 aromatic carbocycles. The minimum absolute atomic E-state index is 0.0323. The van der Waals surface area contributed by atoms with E-state index < -0.39 is 61.9 Å². The third-order valence-corrected chi connectivity index (χ3v) is 15.0. The molecule has 0 unspecified atom stereocenters. The number of piperazine rings is 2. The molecule has 2 fully saturated rings. The van der Waals surface area contributed by atoms with Crippen LogP contribution in [-0.2, 0) is 51.2 Å². The largest absolute Gasteiger partial charge is 0.465 e. The number of amides is 2. The van der Waals surface area contributed by atoms with Gasteiger partial charge >= 0.3 is 44.5 Å². The second-order valence-corrected chi connectivity index (χ2v) is 23.5. The Kier molecular flexibility index (Phi) is 21.1. The highest BCUT2D eigenvalue weighted by atomic mass is 79.9. The quantitative estimate of drug-likeness (QED) is 0.0856. The molecule has 1 N–H and O–H groups in total. The van der Waals surface area contributed by atoms with Gasteiger partial charge in [0.2, 0.25) is 0 Å². The summed E-state index contributed by atoms with van der Waals surface area (Å²) in [6.45, 7) is 18.7. The summed E-state index contributed by atoms with van der Waals surface area (Å²) in [5.74, 6) is -0.764. The molecule has 4 aromatic rings. The molecule has 0 bridgehead atoms. The fourth-order valence-electron chi connectivity index (χ4n) is 7.74. The van der Waals surface area contributed by atoms with Crippen molar-refractivity contribution in [2.24, 2.45) is 0 Å². The minimum Gasteiger partial charge on any atom is -0.465 e. The molecular formula is C50H69BrN8O12S2. The molecule has 4 heterocycles. The molecule has 400 valence electrons. The van der Waals surface area contributed by atoms with Gasteiger partial charge in [-0.25, -0.2) is 19.2 Å². The molecule has 2 aliphatic rings. The van der Waals surface area contributed by atoms with E-state index in [0.717, 1.165) is 10.9 Å². The third kappa shape index (κ3) is 17.4. The Morgan fingerprint density at radius 1 is 0.630 bits per heavy atom. The predicted octanol–water partition coefficient (Wildman–Crippen LogP) is 7.89. The van der Waals surface area contributed by atoms with Gasteiger partial charge in [0, 0.05) is 68.1 Å². The number of rotatable bonds is 11. The number of ether oxygens (including phenoxy) is 4. The molecule has 23 heteroatoms. The van der Waals surface area contributed by atoms with Crippen molar-refractivity contribution in [2.75, 3.05) is 49.4 Å². The molecule has 0 saturated carbocycles. The maximum Gasteiger partial charge on any atom is 0.410 e. The van der Waals surface area contributed by atoms with E-state index in [1.807, 2.05) is 39.8 Å². The van der Waals surface area contributed by atoms with Crippen LogP contribution in [0.5, 0.6) is 0 Å². The normalized spacial score (nSPS) is 18.6. The van der Waals surface area contributed by atoms with E-state index in [1.54, 1.807) is 124 Å². The summed E-state index contributed by atoms with van der Waals surface area (Å²) >= 11 is 3.32. The summed E-state index contributed by atoms with van der Waals surface area (Å²) in [5, 5.41) is 0.800. The Labute approximate surface area is 438 Å². The van der Waals surface area contributed by atoms with Crippen molar-refractivity contribution < 1.29 is 55.0 Å². The number of methoxy groups -OCH3 is 2. The van der Waals surface area contributed by atoms with Crippen LogP contribution < -0.4 is 9.03 Å². The van der Waals surface area contributed by atoms with E-state index in [9.17, 15) is 36.0 Å². The first-order chi connectivity index (χ1) is 34.1. The zero-order valence-corrected chi connectivity index (χ0v) is 46.7.